The lowest BCUT2D eigenvalue weighted by Gasteiger charge is -2.24. The van der Waals surface area contributed by atoms with Crippen LogP contribution in [0.5, 0.6) is 0 Å². The number of halogens is 1. The number of carbonyl (C=O) groups excluding carboxylic acids is 1. The van der Waals surface area contributed by atoms with Gasteiger partial charge in [0, 0.05) is 6.42 Å². The van der Waals surface area contributed by atoms with Gasteiger partial charge in [-0.15, -0.1) is 0 Å². The van der Waals surface area contributed by atoms with Crippen molar-refractivity contribution in [2.75, 3.05) is 34.2 Å². The number of hydroxylamine groups is 2. The van der Waals surface area contributed by atoms with Crippen molar-refractivity contribution in [3.05, 3.63) is 12.7 Å². The van der Waals surface area contributed by atoms with Gasteiger partial charge in [0.25, 0.3) is 5.91 Å². The van der Waals surface area contributed by atoms with Crippen molar-refractivity contribution < 1.29 is 26.9 Å². The molecular weight excluding hydrogens is 204 g/mol. The Hall–Kier alpha value is -0.580. The highest BCUT2D eigenvalue weighted by Crippen LogP contribution is 1.95. The summed E-state index contributed by atoms with van der Waals surface area (Å²) in [5.41, 5.74) is 0. The van der Waals surface area contributed by atoms with E-state index in [0.29, 0.717) is 11.6 Å². The molecule has 1 amide bonds. The van der Waals surface area contributed by atoms with Gasteiger partial charge in [-0.3, -0.25) is 10.0 Å². The van der Waals surface area contributed by atoms with E-state index < -0.39 is 5.91 Å². The Morgan fingerprint density at radius 3 is 2.36 bits per heavy atom. The van der Waals surface area contributed by atoms with Gasteiger partial charge in [0.2, 0.25) is 0 Å². The highest BCUT2D eigenvalue weighted by Gasteiger charge is 2.10. The van der Waals surface area contributed by atoms with Crippen LogP contribution in [0.1, 0.15) is 6.42 Å². The van der Waals surface area contributed by atoms with Gasteiger partial charge < -0.3 is 16.9 Å². The Morgan fingerprint density at radius 1 is 1.50 bits per heavy atom. The molecule has 0 spiro atoms. The molecule has 0 bridgehead atoms. The zero-order valence-corrected chi connectivity index (χ0v) is 9.79. The fraction of sp³-hybridized carbons (Fsp3) is 0.667. The summed E-state index contributed by atoms with van der Waals surface area (Å²) in [7, 11) is 6.20. The number of carbonyl (C=O) groups is 1. The first-order valence-electron chi connectivity index (χ1n) is 4.30. The molecule has 0 aliphatic heterocycles. The zero-order valence-electron chi connectivity index (χ0n) is 9.03. The minimum atomic E-state index is -0.443. The number of hydrogen-bond acceptors (Lipinski definition) is 2. The van der Waals surface area contributed by atoms with Gasteiger partial charge in [0.15, 0.2) is 0 Å². The summed E-state index contributed by atoms with van der Waals surface area (Å²) in [6.07, 6.45) is 1.88. The normalized spacial score (nSPS) is 10.3. The van der Waals surface area contributed by atoms with Crippen LogP contribution in [-0.2, 0) is 4.79 Å². The summed E-state index contributed by atoms with van der Waals surface area (Å²) in [4.78, 5) is 10.8. The zero-order chi connectivity index (χ0) is 10.5. The van der Waals surface area contributed by atoms with E-state index in [9.17, 15) is 4.79 Å². The van der Waals surface area contributed by atoms with Crippen molar-refractivity contribution in [3.63, 3.8) is 0 Å². The van der Waals surface area contributed by atoms with Gasteiger partial charge in [-0.05, 0) is 6.08 Å². The molecule has 0 fully saturated rings. The molecule has 0 aromatic carbocycles. The van der Waals surface area contributed by atoms with Crippen LogP contribution in [0.25, 0.3) is 0 Å². The lowest BCUT2D eigenvalue weighted by atomic mass is 10.3. The van der Waals surface area contributed by atoms with Crippen LogP contribution >= 0.6 is 0 Å². The summed E-state index contributed by atoms with van der Waals surface area (Å²) in [6, 6.07) is 0. The predicted octanol–water partition coefficient (Wildman–Crippen LogP) is -2.51. The molecule has 0 aliphatic rings. The molecule has 0 aromatic heterocycles. The second-order valence-electron chi connectivity index (χ2n) is 4.03. The first kappa shape index (κ1) is 15.9. The third-order valence-electron chi connectivity index (χ3n) is 1.63. The third kappa shape index (κ3) is 8.04. The molecule has 14 heavy (non-hydrogen) atoms. The van der Waals surface area contributed by atoms with E-state index in [1.54, 1.807) is 0 Å². The maximum absolute atomic E-state index is 10.8. The Labute approximate surface area is 91.8 Å². The van der Waals surface area contributed by atoms with Gasteiger partial charge in [0.05, 0.1) is 34.2 Å². The van der Waals surface area contributed by atoms with E-state index in [4.69, 9.17) is 5.21 Å². The van der Waals surface area contributed by atoms with Crippen LogP contribution in [0.3, 0.4) is 0 Å². The molecule has 0 saturated carbocycles. The molecule has 4 nitrogen and oxygen atoms in total. The second kappa shape index (κ2) is 6.81. The van der Waals surface area contributed by atoms with E-state index in [1.165, 1.54) is 0 Å². The van der Waals surface area contributed by atoms with Gasteiger partial charge in [-0.2, -0.15) is 0 Å². The van der Waals surface area contributed by atoms with Crippen molar-refractivity contribution in [2.24, 2.45) is 0 Å². The van der Waals surface area contributed by atoms with Crippen LogP contribution < -0.4 is 12.4 Å². The van der Waals surface area contributed by atoms with Gasteiger partial charge >= 0.3 is 0 Å². The summed E-state index contributed by atoms with van der Waals surface area (Å²) >= 11 is 0. The van der Waals surface area contributed by atoms with Crippen molar-refractivity contribution >= 4 is 5.91 Å². The van der Waals surface area contributed by atoms with Crippen LogP contribution in [0.4, 0.5) is 0 Å². The topological polar surface area (TPSA) is 40.5 Å². The molecular formula is C9H19ClN2O2. The number of quaternary nitrogens is 1. The molecule has 1 N–H and O–H groups in total. The maximum Gasteiger partial charge on any atom is 0.269 e. The standard InChI is InChI=1S/C9H19N2O2.ClH/c1-5-9(12)10(13)7-6-8-11(2,3)4;/h5,13H,1,6-8H2,2-4H3;1H/q+1;/p-1. The van der Waals surface area contributed by atoms with Gasteiger partial charge in [-0.25, -0.2) is 5.06 Å². The highest BCUT2D eigenvalue weighted by atomic mass is 35.5. The fourth-order valence-electron chi connectivity index (χ4n) is 0.910. The monoisotopic (exact) mass is 222 g/mol. The Kier molecular flexibility index (Phi) is 7.72. The number of amides is 1. The Balaban J connectivity index is 0. The first-order valence-corrected chi connectivity index (χ1v) is 4.30. The number of nitrogens with zero attached hydrogens (tertiary/aromatic N) is 2. The lowest BCUT2D eigenvalue weighted by molar-refractivity contribution is -0.870. The second-order valence-corrected chi connectivity index (χ2v) is 4.03. The summed E-state index contributed by atoms with van der Waals surface area (Å²) < 4.78 is 0.829. The molecule has 0 rings (SSSR count). The smallest absolute Gasteiger partial charge is 0.269 e. The van der Waals surface area contributed by atoms with Crippen LogP contribution in [0, 0.1) is 0 Å². The SMILES string of the molecule is C=CC(=O)N(O)CCC[N+](C)(C)C.[Cl-]. The van der Waals surface area contributed by atoms with Crippen LogP contribution in [-0.4, -0.2) is 54.9 Å². The van der Waals surface area contributed by atoms with Crippen molar-refractivity contribution in [2.45, 2.75) is 6.42 Å². The van der Waals surface area contributed by atoms with Crippen molar-refractivity contribution in [1.82, 2.24) is 5.06 Å². The molecule has 84 valence electrons. The van der Waals surface area contributed by atoms with E-state index in [1.807, 2.05) is 0 Å². The summed E-state index contributed by atoms with van der Waals surface area (Å²) in [5, 5.41) is 9.82. The Bertz CT molecular complexity index is 190. The van der Waals surface area contributed by atoms with Crippen LogP contribution in [0.2, 0.25) is 0 Å². The molecule has 0 radical (unpaired) electrons. The minimum Gasteiger partial charge on any atom is -1.00 e. The van der Waals surface area contributed by atoms with Crippen molar-refractivity contribution in [3.8, 4) is 0 Å². The average Bonchev–Trinajstić information content (AvgIpc) is 2.00. The fourth-order valence-corrected chi connectivity index (χ4v) is 0.910. The number of hydrogen-bond donors (Lipinski definition) is 1. The predicted molar refractivity (Wildman–Crippen MR) is 51.2 cm³/mol. The average molecular weight is 223 g/mol. The van der Waals surface area contributed by atoms with Gasteiger partial charge in [0.1, 0.15) is 0 Å². The van der Waals surface area contributed by atoms with E-state index >= 15 is 0 Å². The highest BCUT2D eigenvalue weighted by molar-refractivity contribution is 5.85. The summed E-state index contributed by atoms with van der Waals surface area (Å²) in [6.45, 7) is 4.56. The summed E-state index contributed by atoms with van der Waals surface area (Å²) in [5.74, 6) is -0.443. The molecule has 0 saturated heterocycles. The van der Waals surface area contributed by atoms with Crippen molar-refractivity contribution in [1.29, 1.82) is 0 Å². The van der Waals surface area contributed by atoms with Crippen LogP contribution in [0.15, 0.2) is 12.7 Å². The van der Waals surface area contributed by atoms with Gasteiger partial charge in [-0.1, -0.05) is 6.58 Å². The third-order valence-corrected chi connectivity index (χ3v) is 1.63. The van der Waals surface area contributed by atoms with E-state index in [0.717, 1.165) is 23.5 Å². The van der Waals surface area contributed by atoms with E-state index in [-0.39, 0.29) is 12.4 Å². The minimum absolute atomic E-state index is 0. The Morgan fingerprint density at radius 2 is 2.00 bits per heavy atom. The largest absolute Gasteiger partial charge is 1.00 e. The lowest BCUT2D eigenvalue weighted by Crippen LogP contribution is -3.00. The first-order chi connectivity index (χ1) is 5.87. The maximum atomic E-state index is 10.8. The molecule has 0 unspecified atom stereocenters. The molecule has 0 atom stereocenters. The number of rotatable bonds is 5. The molecule has 0 heterocycles. The quantitative estimate of drug-likeness (QED) is 0.242. The molecule has 5 heteroatoms. The molecule has 0 aromatic rings. The van der Waals surface area contributed by atoms with E-state index in [2.05, 4.69) is 27.7 Å². The molecule has 0 aliphatic carbocycles.